The fourth-order valence-electron chi connectivity index (χ4n) is 2.00. The van der Waals surface area contributed by atoms with Gasteiger partial charge in [0, 0.05) is 11.6 Å². The molecule has 0 fully saturated rings. The van der Waals surface area contributed by atoms with Crippen molar-refractivity contribution in [2.24, 2.45) is 0 Å². The van der Waals surface area contributed by atoms with E-state index in [9.17, 15) is 10.1 Å². The number of aliphatic hydroxyl groups excluding tert-OH is 2. The maximum Gasteiger partial charge on any atom is 0.311 e. The van der Waals surface area contributed by atoms with E-state index in [1.165, 1.54) is 6.07 Å². The number of rotatable bonds is 9. The van der Waals surface area contributed by atoms with Gasteiger partial charge in [0.25, 0.3) is 0 Å². The summed E-state index contributed by atoms with van der Waals surface area (Å²) in [7, 11) is 0. The van der Waals surface area contributed by atoms with Gasteiger partial charge in [0.2, 0.25) is 0 Å². The molecule has 0 spiro atoms. The maximum atomic E-state index is 11.0. The summed E-state index contributed by atoms with van der Waals surface area (Å²) in [6.07, 6.45) is 0. The summed E-state index contributed by atoms with van der Waals surface area (Å²) in [6, 6.07) is 4.85. The van der Waals surface area contributed by atoms with Crippen molar-refractivity contribution in [3.8, 4) is 5.75 Å². The first-order valence-electron chi connectivity index (χ1n) is 6.57. The molecule has 120 valence electrons. The molecule has 0 aliphatic rings. The van der Waals surface area contributed by atoms with Gasteiger partial charge < -0.3 is 32.3 Å². The van der Waals surface area contributed by atoms with Crippen LogP contribution >= 0.6 is 0 Å². The maximum absolute atomic E-state index is 11.0. The topological polar surface area (TPSA) is 97.3 Å². The van der Waals surface area contributed by atoms with Crippen molar-refractivity contribution in [1.82, 2.24) is 0 Å². The fraction of sp³-hybridized carbons (Fsp3) is 0.538. The fourth-order valence-corrected chi connectivity index (χ4v) is 2.00. The minimum Gasteiger partial charge on any atom is -1.00 e. The Hall–Kier alpha value is -1.41. The molecule has 1 aromatic carbocycles. The Balaban J connectivity index is 0.00000400. The van der Waals surface area contributed by atoms with Gasteiger partial charge in [-0.05, 0) is 19.1 Å². The van der Waals surface area contributed by atoms with Crippen LogP contribution in [0.25, 0.3) is 0 Å². The van der Waals surface area contributed by atoms with Gasteiger partial charge in [0.1, 0.15) is 19.6 Å². The molecule has 1 aromatic rings. The molecule has 0 aliphatic heterocycles. The number of hydrogen-bond donors (Lipinski definition) is 3. The van der Waals surface area contributed by atoms with Crippen LogP contribution in [0.2, 0.25) is 0 Å². The van der Waals surface area contributed by atoms with E-state index in [0.717, 1.165) is 10.5 Å². The Labute approximate surface area is 129 Å². The van der Waals surface area contributed by atoms with Crippen molar-refractivity contribution >= 4 is 5.69 Å². The zero-order chi connectivity index (χ0) is 15.0. The second-order valence-electron chi connectivity index (χ2n) is 4.37. The largest absolute Gasteiger partial charge is 1.00 e. The first-order valence-corrected chi connectivity index (χ1v) is 6.57. The first-order chi connectivity index (χ1) is 9.62. The predicted molar refractivity (Wildman–Crippen MR) is 72.8 cm³/mol. The van der Waals surface area contributed by atoms with Crippen LogP contribution in [0.15, 0.2) is 18.2 Å². The average Bonchev–Trinajstić information content (AvgIpc) is 2.41. The van der Waals surface area contributed by atoms with E-state index in [4.69, 9.17) is 14.9 Å². The van der Waals surface area contributed by atoms with Gasteiger partial charge in [-0.25, -0.2) is 0 Å². The van der Waals surface area contributed by atoms with Crippen LogP contribution in [-0.2, 0) is 6.54 Å². The molecule has 0 radical (unpaired) electrons. The lowest BCUT2D eigenvalue weighted by Crippen LogP contribution is -3.11. The minimum atomic E-state index is -0.466. The summed E-state index contributed by atoms with van der Waals surface area (Å²) < 4.78 is 5.22. The SMILES string of the molecule is CCOc1ccc(C[NH+](CCO)CCO)cc1[N+](=O)[O-].[Cl-]. The van der Waals surface area contributed by atoms with Crippen molar-refractivity contribution < 1.29 is 37.2 Å². The number of nitrogens with one attached hydrogen (secondary N) is 1. The van der Waals surface area contributed by atoms with Crippen LogP contribution in [-0.4, -0.2) is 48.0 Å². The zero-order valence-corrected chi connectivity index (χ0v) is 12.7. The van der Waals surface area contributed by atoms with Gasteiger partial charge in [-0.1, -0.05) is 0 Å². The summed E-state index contributed by atoms with van der Waals surface area (Å²) in [4.78, 5) is 11.5. The highest BCUT2D eigenvalue weighted by atomic mass is 35.5. The van der Waals surface area contributed by atoms with E-state index < -0.39 is 4.92 Å². The van der Waals surface area contributed by atoms with Gasteiger partial charge in [-0.3, -0.25) is 10.1 Å². The van der Waals surface area contributed by atoms with Crippen LogP contribution in [0, 0.1) is 10.1 Å². The number of nitro benzene ring substituents is 1. The number of quaternary nitrogens is 1. The average molecular weight is 321 g/mol. The molecule has 0 aromatic heterocycles. The molecule has 0 aliphatic carbocycles. The Bertz CT molecular complexity index is 439. The lowest BCUT2D eigenvalue weighted by Gasteiger charge is -2.17. The van der Waals surface area contributed by atoms with Crippen molar-refractivity contribution in [2.75, 3.05) is 32.9 Å². The van der Waals surface area contributed by atoms with Crippen molar-refractivity contribution in [3.63, 3.8) is 0 Å². The van der Waals surface area contributed by atoms with E-state index in [2.05, 4.69) is 0 Å². The Morgan fingerprint density at radius 1 is 1.29 bits per heavy atom. The molecule has 0 saturated carbocycles. The quantitative estimate of drug-likeness (QED) is 0.322. The molecule has 21 heavy (non-hydrogen) atoms. The number of halogens is 1. The first kappa shape index (κ1) is 19.6. The number of benzene rings is 1. The second kappa shape index (κ2) is 10.3. The Kier molecular flexibility index (Phi) is 9.64. The normalized spacial score (nSPS) is 10.3. The summed E-state index contributed by atoms with van der Waals surface area (Å²) in [5, 5.41) is 29.0. The third-order valence-corrected chi connectivity index (χ3v) is 2.90. The van der Waals surface area contributed by atoms with Gasteiger partial charge >= 0.3 is 5.69 Å². The molecule has 0 heterocycles. The van der Waals surface area contributed by atoms with E-state index >= 15 is 0 Å². The van der Waals surface area contributed by atoms with Gasteiger partial charge in [0.15, 0.2) is 5.75 Å². The van der Waals surface area contributed by atoms with Crippen LogP contribution in [0.3, 0.4) is 0 Å². The highest BCUT2D eigenvalue weighted by Crippen LogP contribution is 2.27. The minimum absolute atomic E-state index is 0. The van der Waals surface area contributed by atoms with Crippen LogP contribution in [0.1, 0.15) is 12.5 Å². The molecule has 0 amide bonds. The van der Waals surface area contributed by atoms with Gasteiger partial charge in [-0.15, -0.1) is 0 Å². The summed E-state index contributed by atoms with van der Waals surface area (Å²) in [5.74, 6) is 0.257. The van der Waals surface area contributed by atoms with Crippen molar-refractivity contribution in [3.05, 3.63) is 33.9 Å². The van der Waals surface area contributed by atoms with E-state index in [0.29, 0.717) is 26.2 Å². The van der Waals surface area contributed by atoms with Crippen molar-refractivity contribution in [1.29, 1.82) is 0 Å². The van der Waals surface area contributed by atoms with Crippen LogP contribution < -0.4 is 22.0 Å². The monoisotopic (exact) mass is 320 g/mol. The number of nitro groups is 1. The predicted octanol–water partition coefficient (Wildman–Crippen LogP) is -3.63. The smallest absolute Gasteiger partial charge is 0.311 e. The summed E-state index contributed by atoms with van der Waals surface area (Å²) in [6.45, 7) is 3.64. The number of aliphatic hydroxyl groups is 2. The zero-order valence-electron chi connectivity index (χ0n) is 11.9. The summed E-state index contributed by atoms with van der Waals surface area (Å²) in [5.41, 5.74) is 0.716. The highest BCUT2D eigenvalue weighted by Gasteiger charge is 2.17. The number of hydrogen-bond acceptors (Lipinski definition) is 5. The van der Waals surface area contributed by atoms with E-state index in [1.54, 1.807) is 19.1 Å². The van der Waals surface area contributed by atoms with E-state index in [-0.39, 0.29) is 37.1 Å². The lowest BCUT2D eigenvalue weighted by molar-refractivity contribution is -0.914. The molecule has 8 heteroatoms. The molecular weight excluding hydrogens is 300 g/mol. The third-order valence-electron chi connectivity index (χ3n) is 2.90. The van der Waals surface area contributed by atoms with Crippen molar-refractivity contribution in [2.45, 2.75) is 13.5 Å². The lowest BCUT2D eigenvalue weighted by atomic mass is 10.1. The molecule has 0 bridgehead atoms. The molecule has 1 rings (SSSR count). The molecular formula is C13H21ClN2O5. The van der Waals surface area contributed by atoms with E-state index in [1.807, 2.05) is 0 Å². The molecule has 0 atom stereocenters. The molecule has 7 nitrogen and oxygen atoms in total. The standard InChI is InChI=1S/C13H20N2O5.ClH/c1-2-20-13-4-3-11(9-12(13)15(18)19)10-14(5-7-16)6-8-17;/h3-4,9,16-17H,2,5-8,10H2,1H3;1H. The molecule has 0 unspecified atom stereocenters. The molecule has 3 N–H and O–H groups in total. The molecule has 0 saturated heterocycles. The van der Waals surface area contributed by atoms with Gasteiger partial charge in [-0.2, -0.15) is 0 Å². The number of ether oxygens (including phenoxy) is 1. The third kappa shape index (κ3) is 6.26. The van der Waals surface area contributed by atoms with Gasteiger partial charge in [0.05, 0.1) is 24.7 Å². The van der Waals surface area contributed by atoms with Crippen LogP contribution in [0.4, 0.5) is 5.69 Å². The Morgan fingerprint density at radius 3 is 2.38 bits per heavy atom. The second-order valence-corrected chi connectivity index (χ2v) is 4.37. The summed E-state index contributed by atoms with van der Waals surface area (Å²) >= 11 is 0. The van der Waals surface area contributed by atoms with Crippen LogP contribution in [0.5, 0.6) is 5.75 Å². The Morgan fingerprint density at radius 2 is 1.90 bits per heavy atom. The highest BCUT2D eigenvalue weighted by molar-refractivity contribution is 5.48. The number of nitrogens with zero attached hydrogens (tertiary/aromatic N) is 1.